The van der Waals surface area contributed by atoms with Crippen LogP contribution in [0.15, 0.2) is 65.8 Å². The predicted octanol–water partition coefficient (Wildman–Crippen LogP) is 1.83. The zero-order valence-electron chi connectivity index (χ0n) is 15.6. The van der Waals surface area contributed by atoms with Crippen molar-refractivity contribution in [2.75, 3.05) is 6.61 Å². The molecule has 1 heterocycles. The number of hydrogen-bond donors (Lipinski definition) is 2. The van der Waals surface area contributed by atoms with E-state index in [1.807, 2.05) is 0 Å². The molecule has 0 spiro atoms. The summed E-state index contributed by atoms with van der Waals surface area (Å²) in [6, 6.07) is 14.8. The molecule has 2 aromatic rings. The Morgan fingerprint density at radius 3 is 2.13 bits per heavy atom. The molecule has 3 rings (SSSR count). The maximum Gasteiger partial charge on any atom is 0.338 e. The Morgan fingerprint density at radius 2 is 1.57 bits per heavy atom. The molecule has 1 aliphatic heterocycles. The molecule has 4 unspecified atom stereocenters. The van der Waals surface area contributed by atoms with Crippen LogP contribution in [0.25, 0.3) is 10.4 Å². The summed E-state index contributed by atoms with van der Waals surface area (Å²) < 4.78 is 15.7. The summed E-state index contributed by atoms with van der Waals surface area (Å²) in [5.74, 6) is -1.44. The largest absolute Gasteiger partial charge is 0.459 e. The molecule has 0 radical (unpaired) electrons. The second kappa shape index (κ2) is 9.86. The molecule has 2 aromatic carbocycles. The number of esters is 2. The lowest BCUT2D eigenvalue weighted by Crippen LogP contribution is -2.59. The van der Waals surface area contributed by atoms with E-state index in [4.69, 9.17) is 19.7 Å². The Balaban J connectivity index is 1.72. The lowest BCUT2D eigenvalue weighted by molar-refractivity contribution is -0.248. The third-order valence-corrected chi connectivity index (χ3v) is 4.49. The molecule has 1 saturated heterocycles. The van der Waals surface area contributed by atoms with Crippen molar-refractivity contribution in [3.8, 4) is 0 Å². The number of aliphatic hydroxyl groups excluding tert-OH is 2. The van der Waals surface area contributed by atoms with Crippen LogP contribution in [0.5, 0.6) is 0 Å². The van der Waals surface area contributed by atoms with Crippen LogP contribution in [-0.2, 0) is 14.2 Å². The smallest absolute Gasteiger partial charge is 0.338 e. The Morgan fingerprint density at radius 1 is 1.00 bits per heavy atom. The van der Waals surface area contributed by atoms with E-state index in [2.05, 4.69) is 10.0 Å². The van der Waals surface area contributed by atoms with E-state index in [-0.39, 0.29) is 5.56 Å². The maximum absolute atomic E-state index is 12.4. The molecule has 0 aromatic heterocycles. The molecule has 2 N–H and O–H groups in total. The summed E-state index contributed by atoms with van der Waals surface area (Å²) >= 11 is 0. The second-order valence-electron chi connectivity index (χ2n) is 6.45. The number of nitrogens with zero attached hydrogens (tertiary/aromatic N) is 3. The van der Waals surface area contributed by atoms with Gasteiger partial charge in [-0.1, -0.05) is 41.5 Å². The van der Waals surface area contributed by atoms with Crippen LogP contribution >= 0.6 is 0 Å². The van der Waals surface area contributed by atoms with Crippen molar-refractivity contribution in [1.82, 2.24) is 0 Å². The lowest BCUT2D eigenvalue weighted by Gasteiger charge is -2.40. The number of benzene rings is 2. The monoisotopic (exact) mass is 413 g/mol. The standard InChI is InChI=1S/C20H19N3O7/c21-23-22-15-17(30-19(26)13-9-5-2-6-10-13)16(24)14(29-20(15)27)11-28-18(25)12-7-3-1-4-8-12/h1-10,14-17,20,24,27H,11H2/t14?,15?,16-,17?,20?/m1/s1. The van der Waals surface area contributed by atoms with Gasteiger partial charge in [0.2, 0.25) is 0 Å². The fourth-order valence-corrected chi connectivity index (χ4v) is 2.96. The van der Waals surface area contributed by atoms with Gasteiger partial charge >= 0.3 is 11.9 Å². The molecule has 0 aliphatic carbocycles. The summed E-state index contributed by atoms with van der Waals surface area (Å²) in [6.07, 6.45) is -5.84. The van der Waals surface area contributed by atoms with Crippen LogP contribution in [0.3, 0.4) is 0 Å². The van der Waals surface area contributed by atoms with Crippen LogP contribution in [0.4, 0.5) is 0 Å². The van der Waals surface area contributed by atoms with Gasteiger partial charge in [-0.2, -0.15) is 0 Å². The predicted molar refractivity (Wildman–Crippen MR) is 102 cm³/mol. The first-order valence-corrected chi connectivity index (χ1v) is 9.05. The van der Waals surface area contributed by atoms with Crippen LogP contribution in [0.1, 0.15) is 20.7 Å². The maximum atomic E-state index is 12.4. The van der Waals surface area contributed by atoms with Gasteiger partial charge in [-0.25, -0.2) is 9.59 Å². The fourth-order valence-electron chi connectivity index (χ4n) is 2.96. The van der Waals surface area contributed by atoms with E-state index >= 15 is 0 Å². The van der Waals surface area contributed by atoms with E-state index in [1.165, 1.54) is 12.1 Å². The average molecular weight is 413 g/mol. The lowest BCUT2D eigenvalue weighted by atomic mass is 9.97. The summed E-state index contributed by atoms with van der Waals surface area (Å²) in [5, 5.41) is 24.2. The third kappa shape index (κ3) is 4.94. The zero-order chi connectivity index (χ0) is 21.5. The van der Waals surface area contributed by atoms with Gasteiger partial charge in [0.1, 0.15) is 31.0 Å². The number of ether oxygens (including phenoxy) is 3. The Bertz CT molecular complexity index is 919. The van der Waals surface area contributed by atoms with Crippen LogP contribution < -0.4 is 0 Å². The van der Waals surface area contributed by atoms with Crippen LogP contribution in [-0.4, -0.2) is 59.4 Å². The number of rotatable bonds is 6. The highest BCUT2D eigenvalue weighted by Gasteiger charge is 2.47. The van der Waals surface area contributed by atoms with Gasteiger partial charge in [0.25, 0.3) is 0 Å². The molecular formula is C20H19N3O7. The molecule has 1 aliphatic rings. The van der Waals surface area contributed by atoms with E-state index in [9.17, 15) is 19.8 Å². The van der Waals surface area contributed by atoms with Gasteiger partial charge in [-0.05, 0) is 29.8 Å². The molecule has 0 amide bonds. The average Bonchev–Trinajstić information content (AvgIpc) is 2.78. The highest BCUT2D eigenvalue weighted by Crippen LogP contribution is 2.26. The van der Waals surface area contributed by atoms with Gasteiger partial charge in [0, 0.05) is 4.91 Å². The fraction of sp³-hybridized carbons (Fsp3) is 0.300. The van der Waals surface area contributed by atoms with Gasteiger partial charge in [0.15, 0.2) is 6.29 Å². The molecule has 1 fully saturated rings. The van der Waals surface area contributed by atoms with E-state index in [0.29, 0.717) is 5.56 Å². The molecular weight excluding hydrogens is 394 g/mol. The summed E-state index contributed by atoms with van der Waals surface area (Å²) in [7, 11) is 0. The first kappa shape index (κ1) is 21.3. The molecule has 0 bridgehead atoms. The zero-order valence-corrected chi connectivity index (χ0v) is 15.6. The van der Waals surface area contributed by atoms with Gasteiger partial charge in [-0.3, -0.25) is 0 Å². The Kier molecular flexibility index (Phi) is 6.99. The van der Waals surface area contributed by atoms with Crippen molar-refractivity contribution in [2.45, 2.75) is 30.6 Å². The van der Waals surface area contributed by atoms with Crippen molar-refractivity contribution in [2.24, 2.45) is 5.11 Å². The number of aliphatic hydroxyl groups is 2. The topological polar surface area (TPSA) is 151 Å². The highest BCUT2D eigenvalue weighted by molar-refractivity contribution is 5.89. The van der Waals surface area contributed by atoms with E-state index in [1.54, 1.807) is 48.5 Å². The molecule has 30 heavy (non-hydrogen) atoms. The summed E-state index contributed by atoms with van der Waals surface area (Å²) in [5.41, 5.74) is 9.26. The Hall–Kier alpha value is -3.43. The minimum atomic E-state index is -1.68. The number of azide groups is 1. The summed E-state index contributed by atoms with van der Waals surface area (Å²) in [4.78, 5) is 27.1. The minimum Gasteiger partial charge on any atom is -0.459 e. The highest BCUT2D eigenvalue weighted by atomic mass is 16.6. The molecule has 10 heteroatoms. The minimum absolute atomic E-state index is 0.206. The first-order valence-electron chi connectivity index (χ1n) is 9.05. The number of carbonyl (C=O) groups excluding carboxylic acids is 2. The molecule has 156 valence electrons. The normalized spacial score (nSPS) is 25.6. The van der Waals surface area contributed by atoms with Gasteiger partial charge < -0.3 is 24.4 Å². The molecule has 5 atom stereocenters. The Labute approximate surface area is 171 Å². The van der Waals surface area contributed by atoms with Crippen molar-refractivity contribution < 1.29 is 34.0 Å². The van der Waals surface area contributed by atoms with Crippen molar-refractivity contribution in [1.29, 1.82) is 0 Å². The quantitative estimate of drug-likeness (QED) is 0.317. The third-order valence-electron chi connectivity index (χ3n) is 4.49. The van der Waals surface area contributed by atoms with Crippen LogP contribution in [0.2, 0.25) is 0 Å². The van der Waals surface area contributed by atoms with E-state index in [0.717, 1.165) is 0 Å². The van der Waals surface area contributed by atoms with Gasteiger partial charge in [-0.15, -0.1) is 0 Å². The summed E-state index contributed by atoms with van der Waals surface area (Å²) in [6.45, 7) is -0.422. The van der Waals surface area contributed by atoms with E-state index < -0.39 is 49.2 Å². The first-order chi connectivity index (χ1) is 14.5. The second-order valence-corrected chi connectivity index (χ2v) is 6.45. The van der Waals surface area contributed by atoms with Gasteiger partial charge in [0.05, 0.1) is 11.1 Å². The SMILES string of the molecule is [N-]=[N+]=NC1C(O)OC(COC(=O)c2ccccc2)[C@@H](O)C1OC(=O)c1ccccc1. The molecule has 10 nitrogen and oxygen atoms in total. The van der Waals surface area contributed by atoms with Crippen LogP contribution in [0, 0.1) is 0 Å². The number of hydrogen-bond acceptors (Lipinski definition) is 8. The van der Waals surface area contributed by atoms with Crippen molar-refractivity contribution in [3.63, 3.8) is 0 Å². The van der Waals surface area contributed by atoms with Crippen molar-refractivity contribution in [3.05, 3.63) is 82.2 Å². The van der Waals surface area contributed by atoms with Crippen molar-refractivity contribution >= 4 is 11.9 Å². The molecule has 0 saturated carbocycles. The number of carbonyl (C=O) groups is 2.